The molecule has 0 saturated carbocycles. The molecule has 0 amide bonds. The molecule has 0 spiro atoms. The van der Waals surface area contributed by atoms with Gasteiger partial charge in [0.15, 0.2) is 5.82 Å². The number of nitrogens with one attached hydrogen (secondary N) is 2. The minimum absolute atomic E-state index is 0.272. The van der Waals surface area contributed by atoms with Gasteiger partial charge >= 0.3 is 0 Å². The summed E-state index contributed by atoms with van der Waals surface area (Å²) >= 11 is 0. The molecule has 5 rings (SSSR count). The number of aromatic nitrogens is 1. The predicted octanol–water partition coefficient (Wildman–Crippen LogP) is 4.55. The first-order chi connectivity index (χ1) is 13.1. The van der Waals surface area contributed by atoms with Crippen LogP contribution < -0.4 is 16.4 Å². The maximum atomic E-state index is 6.82. The van der Waals surface area contributed by atoms with Crippen LogP contribution in [0.15, 0.2) is 59.1 Å². The number of nitrogens with two attached hydrogens (primary N) is 1. The monoisotopic (exact) mass is 358 g/mol. The first-order valence-corrected chi connectivity index (χ1v) is 9.29. The van der Waals surface area contributed by atoms with Gasteiger partial charge in [-0.05, 0) is 60.7 Å². The van der Waals surface area contributed by atoms with Crippen molar-refractivity contribution in [1.29, 1.82) is 0 Å². The van der Waals surface area contributed by atoms with E-state index >= 15 is 0 Å². The fourth-order valence-corrected chi connectivity index (χ4v) is 4.22. The zero-order chi connectivity index (χ0) is 18.4. The molecular formula is C22H22N4O. The van der Waals surface area contributed by atoms with Crippen molar-refractivity contribution in [3.05, 3.63) is 77.1 Å². The van der Waals surface area contributed by atoms with Crippen molar-refractivity contribution in [2.75, 3.05) is 10.6 Å². The molecule has 2 aromatic carbocycles. The minimum Gasteiger partial charge on any atom is -0.363 e. The zero-order valence-corrected chi connectivity index (χ0v) is 15.2. The Morgan fingerprint density at radius 3 is 2.96 bits per heavy atom. The van der Waals surface area contributed by atoms with Crippen LogP contribution in [0.5, 0.6) is 0 Å². The van der Waals surface area contributed by atoms with Crippen LogP contribution in [-0.4, -0.2) is 10.8 Å². The topological polar surface area (TPSA) is 76.1 Å². The van der Waals surface area contributed by atoms with Crippen molar-refractivity contribution < 1.29 is 4.52 Å². The molecule has 1 aliphatic heterocycles. The van der Waals surface area contributed by atoms with Crippen LogP contribution in [0.2, 0.25) is 0 Å². The highest BCUT2D eigenvalue weighted by atomic mass is 16.5. The van der Waals surface area contributed by atoms with E-state index in [1.807, 2.05) is 19.1 Å². The maximum Gasteiger partial charge on any atom is 0.174 e. The van der Waals surface area contributed by atoms with Crippen LogP contribution >= 0.6 is 0 Å². The summed E-state index contributed by atoms with van der Waals surface area (Å²) in [6, 6.07) is 16.7. The van der Waals surface area contributed by atoms with Gasteiger partial charge < -0.3 is 20.9 Å². The summed E-state index contributed by atoms with van der Waals surface area (Å²) in [4.78, 5) is 0. The van der Waals surface area contributed by atoms with E-state index in [9.17, 15) is 0 Å². The summed E-state index contributed by atoms with van der Waals surface area (Å²) in [5.41, 5.74) is 12.1. The van der Waals surface area contributed by atoms with Crippen molar-refractivity contribution in [2.45, 2.75) is 31.3 Å². The molecule has 2 heterocycles. The largest absolute Gasteiger partial charge is 0.363 e. The molecule has 3 aromatic rings. The van der Waals surface area contributed by atoms with Crippen molar-refractivity contribution in [3.8, 4) is 0 Å². The van der Waals surface area contributed by atoms with Crippen molar-refractivity contribution >= 4 is 23.3 Å². The van der Waals surface area contributed by atoms with E-state index in [2.05, 4.69) is 64.3 Å². The normalized spacial score (nSPS) is 22.8. The first kappa shape index (κ1) is 16.1. The molecule has 2 aliphatic rings. The molecule has 5 heteroatoms. The number of hydrogen-bond acceptors (Lipinski definition) is 5. The molecular weight excluding hydrogens is 336 g/mol. The minimum atomic E-state index is -0.572. The molecule has 136 valence electrons. The van der Waals surface area contributed by atoms with E-state index < -0.39 is 5.66 Å². The first-order valence-electron chi connectivity index (χ1n) is 9.29. The van der Waals surface area contributed by atoms with Gasteiger partial charge in [0.2, 0.25) is 0 Å². The molecule has 0 saturated heterocycles. The Hall–Kier alpha value is -3.05. The summed E-state index contributed by atoms with van der Waals surface area (Å²) in [6.45, 7) is 1.87. The fourth-order valence-electron chi connectivity index (χ4n) is 4.22. The molecule has 27 heavy (non-hydrogen) atoms. The number of aryl methyl sites for hydroxylation is 2. The Kier molecular flexibility index (Phi) is 3.58. The van der Waals surface area contributed by atoms with Gasteiger partial charge in [-0.15, -0.1) is 0 Å². The quantitative estimate of drug-likeness (QED) is 0.640. The second kappa shape index (κ2) is 5.99. The Morgan fingerprint density at radius 1 is 1.22 bits per heavy atom. The van der Waals surface area contributed by atoms with Crippen LogP contribution in [0.4, 0.5) is 17.2 Å². The molecule has 5 nitrogen and oxygen atoms in total. The third-order valence-corrected chi connectivity index (χ3v) is 5.55. The highest BCUT2D eigenvalue weighted by molar-refractivity contribution is 5.77. The molecule has 0 bridgehead atoms. The molecule has 0 radical (unpaired) electrons. The molecule has 4 N–H and O–H groups in total. The second-order valence-electron chi connectivity index (χ2n) is 7.43. The predicted molar refractivity (Wildman–Crippen MR) is 108 cm³/mol. The van der Waals surface area contributed by atoms with Crippen LogP contribution in [0.1, 0.15) is 34.8 Å². The average Bonchev–Trinajstić information content (AvgIpc) is 3.28. The van der Waals surface area contributed by atoms with E-state index in [1.165, 1.54) is 11.1 Å². The molecule has 1 unspecified atom stereocenters. The van der Waals surface area contributed by atoms with E-state index in [4.69, 9.17) is 10.3 Å². The van der Waals surface area contributed by atoms with Gasteiger partial charge in [-0.25, -0.2) is 0 Å². The third kappa shape index (κ3) is 2.80. The highest BCUT2D eigenvalue weighted by Crippen LogP contribution is 2.43. The van der Waals surface area contributed by atoms with E-state index in [1.54, 1.807) is 0 Å². The molecule has 1 aromatic heterocycles. The van der Waals surface area contributed by atoms with E-state index in [-0.39, 0.29) is 5.92 Å². The van der Waals surface area contributed by atoms with Gasteiger partial charge in [0.25, 0.3) is 0 Å². The van der Waals surface area contributed by atoms with Gasteiger partial charge in [-0.1, -0.05) is 35.5 Å². The summed E-state index contributed by atoms with van der Waals surface area (Å²) < 4.78 is 5.11. The van der Waals surface area contributed by atoms with Gasteiger partial charge in [-0.3, -0.25) is 0 Å². The number of fused-ring (bicyclic) bond motifs is 2. The Labute approximate surface area is 158 Å². The van der Waals surface area contributed by atoms with E-state index in [0.717, 1.165) is 35.5 Å². The molecule has 2 atom stereocenters. The number of hydrogen-bond donors (Lipinski definition) is 3. The summed E-state index contributed by atoms with van der Waals surface area (Å²) in [7, 11) is 0. The number of anilines is 3. The molecule has 0 fully saturated rings. The number of nitrogens with zero attached hydrogens (tertiary/aromatic N) is 1. The Morgan fingerprint density at radius 2 is 2.11 bits per heavy atom. The van der Waals surface area contributed by atoms with Gasteiger partial charge in [-0.2, -0.15) is 0 Å². The van der Waals surface area contributed by atoms with Gasteiger partial charge in [0.1, 0.15) is 11.4 Å². The highest BCUT2D eigenvalue weighted by Gasteiger charge is 2.39. The fraction of sp³-hybridized carbons (Fsp3) is 0.227. The number of benzene rings is 2. The zero-order valence-electron chi connectivity index (χ0n) is 15.2. The SMILES string of the molecule is Cc1cc(Nc2ccc3c(c2)C=C[C@](N)(C2CCc4ccccc42)N3)no1. The van der Waals surface area contributed by atoms with Gasteiger partial charge in [0, 0.05) is 23.4 Å². The lowest BCUT2D eigenvalue weighted by Crippen LogP contribution is -2.51. The second-order valence-corrected chi connectivity index (χ2v) is 7.43. The smallest absolute Gasteiger partial charge is 0.174 e. The summed E-state index contributed by atoms with van der Waals surface area (Å²) in [6.07, 6.45) is 6.37. The lowest BCUT2D eigenvalue weighted by molar-refractivity contribution is 0.400. The van der Waals surface area contributed by atoms with Crippen molar-refractivity contribution in [1.82, 2.24) is 5.16 Å². The van der Waals surface area contributed by atoms with Crippen LogP contribution in [-0.2, 0) is 6.42 Å². The lowest BCUT2D eigenvalue weighted by Gasteiger charge is -2.38. The maximum absolute atomic E-state index is 6.82. The van der Waals surface area contributed by atoms with Gasteiger partial charge in [0.05, 0.1) is 0 Å². The summed E-state index contributed by atoms with van der Waals surface area (Å²) in [5, 5.41) is 10.8. The van der Waals surface area contributed by atoms with Crippen molar-refractivity contribution in [3.63, 3.8) is 0 Å². The van der Waals surface area contributed by atoms with Crippen LogP contribution in [0, 0.1) is 6.92 Å². The number of rotatable bonds is 3. The van der Waals surface area contributed by atoms with Crippen LogP contribution in [0.25, 0.3) is 6.08 Å². The lowest BCUT2D eigenvalue weighted by atomic mass is 9.84. The standard InChI is InChI=1S/C22H22N4O/c1-14-12-21(26-27-14)24-17-7-9-20-16(13-17)10-11-22(23,25-20)19-8-6-15-4-2-3-5-18(15)19/h2-5,7,9-13,19,25H,6,8,23H2,1H3,(H,24,26)/t19?,22-/m1/s1. The van der Waals surface area contributed by atoms with E-state index in [0.29, 0.717) is 5.82 Å². The van der Waals surface area contributed by atoms with Crippen LogP contribution in [0.3, 0.4) is 0 Å². The van der Waals surface area contributed by atoms with Crippen molar-refractivity contribution in [2.24, 2.45) is 5.73 Å². The third-order valence-electron chi connectivity index (χ3n) is 5.55. The molecule has 1 aliphatic carbocycles. The Bertz CT molecular complexity index is 1040. The Balaban J connectivity index is 1.41. The average molecular weight is 358 g/mol. The summed E-state index contributed by atoms with van der Waals surface area (Å²) in [5.74, 6) is 1.76.